The van der Waals surface area contributed by atoms with Gasteiger partial charge in [0.25, 0.3) is 0 Å². The Balaban J connectivity index is 0. The Morgan fingerprint density at radius 2 is 1.41 bits per heavy atom. The first-order valence-corrected chi connectivity index (χ1v) is 13.4. The topological polar surface area (TPSA) is 156 Å². The van der Waals surface area contributed by atoms with E-state index in [9.17, 15) is 14.4 Å². The van der Waals surface area contributed by atoms with Crippen LogP contribution in [-0.4, -0.2) is 58.7 Å². The lowest BCUT2D eigenvalue weighted by Crippen LogP contribution is -2.41. The van der Waals surface area contributed by atoms with Crippen LogP contribution in [0.1, 0.15) is 96.8 Å². The third kappa shape index (κ3) is 23.3. The van der Waals surface area contributed by atoms with Gasteiger partial charge in [-0.1, -0.05) is 64.7 Å². The predicted molar refractivity (Wildman–Crippen MR) is 133 cm³/mol. The van der Waals surface area contributed by atoms with Crippen LogP contribution in [0.15, 0.2) is 0 Å². The highest BCUT2D eigenvalue weighted by Crippen LogP contribution is 2.10. The fourth-order valence-corrected chi connectivity index (χ4v) is 3.46. The van der Waals surface area contributed by atoms with E-state index < -0.39 is 24.0 Å². The van der Waals surface area contributed by atoms with Crippen LogP contribution < -0.4 is 16.8 Å². The Bertz CT molecular complexity index is 481. The van der Waals surface area contributed by atoms with E-state index in [-0.39, 0.29) is 5.91 Å². The summed E-state index contributed by atoms with van der Waals surface area (Å²) in [4.78, 5) is 32.9. The number of carbonyl (C=O) groups excluding carboxylic acids is 1. The number of carbonyl (C=O) groups is 3. The van der Waals surface area contributed by atoms with E-state index >= 15 is 0 Å². The molecule has 2 unspecified atom stereocenters. The molecule has 0 aliphatic rings. The first kappa shape index (κ1) is 32.9. The van der Waals surface area contributed by atoms with Crippen molar-refractivity contribution in [1.82, 2.24) is 5.32 Å². The summed E-state index contributed by atoms with van der Waals surface area (Å²) in [6.07, 6.45) is 15.9. The molecule has 8 nitrogen and oxygen atoms in total. The molecule has 0 bridgehead atoms. The molecule has 0 saturated carbocycles. The fourth-order valence-electron chi connectivity index (χ4n) is 2.99. The summed E-state index contributed by atoms with van der Waals surface area (Å²) in [5.74, 6) is -1.25. The molecule has 1 amide bonds. The summed E-state index contributed by atoms with van der Waals surface area (Å²) in [5.41, 5.74) is 10.4. The number of carboxylic acid groups (broad SMARTS) is 2. The molecule has 7 N–H and O–H groups in total. The zero-order valence-corrected chi connectivity index (χ0v) is 21.0. The van der Waals surface area contributed by atoms with Crippen LogP contribution in [0.5, 0.6) is 0 Å². The number of thioether (sulfide) groups is 1. The first-order chi connectivity index (χ1) is 15.3. The molecule has 9 heteroatoms. The number of aliphatic carboxylic acids is 2. The lowest BCUT2D eigenvalue weighted by atomic mass is 10.1. The van der Waals surface area contributed by atoms with Crippen LogP contribution in [0.25, 0.3) is 0 Å². The van der Waals surface area contributed by atoms with E-state index in [4.69, 9.17) is 21.7 Å². The minimum atomic E-state index is -0.936. The molecule has 0 aromatic rings. The van der Waals surface area contributed by atoms with Crippen molar-refractivity contribution in [3.63, 3.8) is 0 Å². The Hall–Kier alpha value is -1.32. The van der Waals surface area contributed by atoms with Gasteiger partial charge in [-0.25, -0.2) is 4.79 Å². The third-order valence-electron chi connectivity index (χ3n) is 5.04. The molecule has 2 atom stereocenters. The van der Waals surface area contributed by atoms with Crippen molar-refractivity contribution in [2.75, 3.05) is 18.6 Å². The minimum Gasteiger partial charge on any atom is -0.480 e. The number of hydrogen-bond donors (Lipinski definition) is 5. The van der Waals surface area contributed by atoms with E-state index in [1.807, 2.05) is 6.26 Å². The summed E-state index contributed by atoms with van der Waals surface area (Å²) in [6, 6.07) is -1.45. The average Bonchev–Trinajstić information content (AvgIpc) is 2.75. The number of nitrogens with one attached hydrogen (secondary N) is 1. The predicted octanol–water partition coefficient (Wildman–Crippen LogP) is 3.76. The van der Waals surface area contributed by atoms with Gasteiger partial charge in [0.15, 0.2) is 0 Å². The first-order valence-electron chi connectivity index (χ1n) is 12.0. The zero-order chi connectivity index (χ0) is 24.6. The molecule has 0 aliphatic carbocycles. The lowest BCUT2D eigenvalue weighted by molar-refractivity contribution is -0.142. The van der Waals surface area contributed by atoms with Crippen LogP contribution >= 0.6 is 11.8 Å². The summed E-state index contributed by atoms with van der Waals surface area (Å²) >= 11 is 1.59. The molecule has 0 heterocycles. The van der Waals surface area contributed by atoms with Crippen LogP contribution in [0.4, 0.5) is 0 Å². The molecule has 0 aromatic carbocycles. The number of nitrogens with two attached hydrogens (primary N) is 2. The van der Waals surface area contributed by atoms with Crippen LogP contribution in [0, 0.1) is 0 Å². The van der Waals surface area contributed by atoms with Gasteiger partial charge in [-0.3, -0.25) is 9.59 Å². The van der Waals surface area contributed by atoms with Gasteiger partial charge in [0.1, 0.15) is 12.1 Å². The smallest absolute Gasteiger partial charge is 0.326 e. The summed E-state index contributed by atoms with van der Waals surface area (Å²) < 4.78 is 0. The van der Waals surface area contributed by atoms with E-state index in [0.717, 1.165) is 31.4 Å². The molecule has 0 aromatic heterocycles. The van der Waals surface area contributed by atoms with Crippen LogP contribution in [0.2, 0.25) is 0 Å². The van der Waals surface area contributed by atoms with E-state index in [2.05, 4.69) is 12.2 Å². The number of amides is 1. The van der Waals surface area contributed by atoms with Gasteiger partial charge in [-0.2, -0.15) is 11.8 Å². The Morgan fingerprint density at radius 3 is 1.88 bits per heavy atom. The third-order valence-corrected chi connectivity index (χ3v) is 5.68. The van der Waals surface area contributed by atoms with Crippen LogP contribution in [0.3, 0.4) is 0 Å². The maximum atomic E-state index is 11.7. The van der Waals surface area contributed by atoms with Gasteiger partial charge in [-0.15, -0.1) is 0 Å². The molecule has 0 spiro atoms. The lowest BCUT2D eigenvalue weighted by Gasteiger charge is -2.13. The number of rotatable bonds is 20. The second kappa shape index (κ2) is 24.3. The van der Waals surface area contributed by atoms with E-state index in [1.165, 1.54) is 44.9 Å². The Labute approximate surface area is 198 Å². The van der Waals surface area contributed by atoms with E-state index in [1.54, 1.807) is 11.8 Å². The van der Waals surface area contributed by atoms with Gasteiger partial charge < -0.3 is 27.0 Å². The van der Waals surface area contributed by atoms with Crippen molar-refractivity contribution >= 4 is 29.6 Å². The second-order valence-corrected chi connectivity index (χ2v) is 9.03. The molecule has 0 rings (SSSR count). The minimum absolute atomic E-state index is 0.128. The molecular weight excluding hydrogens is 430 g/mol. The molecule has 0 saturated heterocycles. The van der Waals surface area contributed by atoms with Gasteiger partial charge in [-0.05, 0) is 44.2 Å². The van der Waals surface area contributed by atoms with Crippen molar-refractivity contribution in [2.24, 2.45) is 11.5 Å². The maximum Gasteiger partial charge on any atom is 0.326 e. The van der Waals surface area contributed by atoms with E-state index in [0.29, 0.717) is 25.8 Å². The van der Waals surface area contributed by atoms with Crippen molar-refractivity contribution in [1.29, 1.82) is 0 Å². The summed E-state index contributed by atoms with van der Waals surface area (Å²) in [5, 5.41) is 20.0. The number of unbranched alkanes of at least 4 members (excludes halogenated alkanes) is 9. The molecule has 0 fully saturated rings. The Kier molecular flexibility index (Phi) is 25.0. The largest absolute Gasteiger partial charge is 0.480 e. The Morgan fingerprint density at radius 1 is 0.844 bits per heavy atom. The highest BCUT2D eigenvalue weighted by molar-refractivity contribution is 7.98. The highest BCUT2D eigenvalue weighted by atomic mass is 32.2. The zero-order valence-electron chi connectivity index (χ0n) is 20.2. The number of hydrogen-bond acceptors (Lipinski definition) is 6. The molecule has 0 radical (unpaired) electrons. The maximum absolute atomic E-state index is 11.7. The monoisotopic (exact) mass is 477 g/mol. The van der Waals surface area contributed by atoms with Gasteiger partial charge in [0.05, 0.1) is 0 Å². The highest BCUT2D eigenvalue weighted by Gasteiger charge is 2.18. The van der Waals surface area contributed by atoms with Gasteiger partial charge in [0.2, 0.25) is 5.91 Å². The molecule has 32 heavy (non-hydrogen) atoms. The van der Waals surface area contributed by atoms with Crippen molar-refractivity contribution in [3.05, 3.63) is 0 Å². The second-order valence-electron chi connectivity index (χ2n) is 8.05. The SMILES string of the molecule is CCCCCCCCCCCC(=O)NC(CCSC)C(=O)O.NCCCCC(N)C(=O)O. The summed E-state index contributed by atoms with van der Waals surface area (Å²) in [6.45, 7) is 2.83. The molecule has 0 aliphatic heterocycles. The molecular formula is C23H47N3O5S. The van der Waals surface area contributed by atoms with Crippen molar-refractivity contribution in [3.8, 4) is 0 Å². The quantitative estimate of drug-likeness (QED) is 0.166. The fraction of sp³-hybridized carbons (Fsp3) is 0.870. The normalized spacial score (nSPS) is 12.4. The molecule has 190 valence electrons. The van der Waals surface area contributed by atoms with Crippen molar-refractivity contribution in [2.45, 2.75) is 109 Å². The standard InChI is InChI=1S/C17H33NO3S.C6H14N2O2/c1-3-4-5-6-7-8-9-10-11-12-16(19)18-15(17(20)21)13-14-22-2;7-4-2-1-3-5(8)6(9)10/h15H,3-14H2,1-2H3,(H,18,19)(H,20,21);5H,1-4,7-8H2,(H,9,10). The van der Waals surface area contributed by atoms with Crippen molar-refractivity contribution < 1.29 is 24.6 Å². The number of carboxylic acids is 2. The summed E-state index contributed by atoms with van der Waals surface area (Å²) in [7, 11) is 0. The average molecular weight is 478 g/mol. The van der Waals surface area contributed by atoms with Gasteiger partial charge >= 0.3 is 11.9 Å². The van der Waals surface area contributed by atoms with Gasteiger partial charge in [0, 0.05) is 6.42 Å². The van der Waals surface area contributed by atoms with Crippen LogP contribution in [-0.2, 0) is 14.4 Å².